The van der Waals surface area contributed by atoms with Gasteiger partial charge in [-0.15, -0.1) is 4.68 Å². The number of aromatic nitrogens is 5. The number of carbonyl (C=O) groups excluding carboxylic acids is 1. The number of H-pyrrole nitrogens is 1. The van der Waals surface area contributed by atoms with Gasteiger partial charge < -0.3 is 16.4 Å². The Morgan fingerprint density at radius 1 is 1.38 bits per heavy atom. The molecule has 1 amide bonds. The first-order chi connectivity index (χ1) is 15.9. The lowest BCUT2D eigenvalue weighted by molar-refractivity contribution is -0.802. The first-order valence-corrected chi connectivity index (χ1v) is 10.9. The molecule has 0 aliphatic heterocycles. The number of nitrogens with zero attached hydrogens (tertiary/aromatic N) is 4. The lowest BCUT2D eigenvalue weighted by atomic mass is 9.87. The number of rotatable bonds is 5. The lowest BCUT2D eigenvalue weighted by Crippen LogP contribution is -2.55. The van der Waals surface area contributed by atoms with E-state index in [4.69, 9.17) is 5.73 Å². The number of alkyl halides is 4. The van der Waals surface area contributed by atoms with Crippen LogP contribution in [-0.4, -0.2) is 43.6 Å². The van der Waals surface area contributed by atoms with Crippen LogP contribution in [0.2, 0.25) is 0 Å². The molecule has 3 aromatic rings. The third kappa shape index (κ3) is 4.56. The number of amides is 1. The van der Waals surface area contributed by atoms with Gasteiger partial charge in [-0.1, -0.05) is 0 Å². The highest BCUT2D eigenvalue weighted by Gasteiger charge is 2.44. The average molecular weight is 483 g/mol. The van der Waals surface area contributed by atoms with Crippen LogP contribution in [0.15, 0.2) is 24.7 Å². The van der Waals surface area contributed by atoms with Crippen molar-refractivity contribution >= 4 is 23.1 Å². The minimum Gasteiger partial charge on any atom is -0.365 e. The van der Waals surface area contributed by atoms with Crippen LogP contribution in [0.3, 0.4) is 0 Å². The van der Waals surface area contributed by atoms with E-state index in [1.54, 1.807) is 0 Å². The minimum atomic E-state index is -2.98. The summed E-state index contributed by atoms with van der Waals surface area (Å²) in [7, 11) is 0. The molecule has 0 aromatic carbocycles. The van der Waals surface area contributed by atoms with Crippen LogP contribution in [0, 0.1) is 0 Å². The number of hydrogen-bond acceptors (Lipinski definition) is 5. The van der Waals surface area contributed by atoms with Gasteiger partial charge in [0.1, 0.15) is 17.1 Å². The fourth-order valence-corrected chi connectivity index (χ4v) is 3.90. The van der Waals surface area contributed by atoms with E-state index in [2.05, 4.69) is 25.8 Å². The molecule has 184 valence electrons. The van der Waals surface area contributed by atoms with Gasteiger partial charge in [-0.2, -0.15) is 10.2 Å². The molecule has 0 unspecified atom stereocenters. The molecule has 13 heteroatoms. The maximum absolute atomic E-state index is 14.0. The van der Waals surface area contributed by atoms with Crippen LogP contribution in [0.4, 0.5) is 29.1 Å². The largest absolute Gasteiger partial charge is 0.365 e. The zero-order valence-corrected chi connectivity index (χ0v) is 18.9. The summed E-state index contributed by atoms with van der Waals surface area (Å²) < 4.78 is 57.9. The Morgan fingerprint density at radius 3 is 2.79 bits per heavy atom. The monoisotopic (exact) mass is 483 g/mol. The van der Waals surface area contributed by atoms with E-state index in [9.17, 15) is 22.4 Å². The Kier molecular flexibility index (Phi) is 6.00. The second-order valence-corrected chi connectivity index (χ2v) is 9.43. The second-order valence-electron chi connectivity index (χ2n) is 9.43. The van der Waals surface area contributed by atoms with Crippen LogP contribution in [0.25, 0.3) is 5.65 Å². The number of nitrogens with one attached hydrogen (secondary N) is 3. The van der Waals surface area contributed by atoms with Crippen LogP contribution >= 0.6 is 0 Å². The standard InChI is InChI=1S/C21H26F4N8O/c1-20(2,3)33-10-13(15(31-33)17(22)23)29-19(34)11-9-27-32-8-6-14(30-18(11)32)28-12-5-4-7-21(24,25)16(12)26/h6,8-10,12,16-17H,4-5,7,26H2,1-3H3,(H2,27,28,29,30,34)/p+1/t12-,16-/m1/s1. The van der Waals surface area contributed by atoms with Gasteiger partial charge in [0.2, 0.25) is 6.20 Å². The summed E-state index contributed by atoms with van der Waals surface area (Å²) in [6.45, 7) is 5.46. The molecular weight excluding hydrogens is 456 g/mol. The summed E-state index contributed by atoms with van der Waals surface area (Å²) in [5.74, 6) is -3.42. The molecule has 3 heterocycles. The number of aromatic amines is 1. The molecule has 34 heavy (non-hydrogen) atoms. The first-order valence-electron chi connectivity index (χ1n) is 10.9. The Hall–Kier alpha value is -3.22. The van der Waals surface area contributed by atoms with Gasteiger partial charge in [-0.3, -0.25) is 4.79 Å². The highest BCUT2D eigenvalue weighted by atomic mass is 19.3. The third-order valence-corrected chi connectivity index (χ3v) is 5.87. The van der Waals surface area contributed by atoms with Crippen molar-refractivity contribution in [2.45, 2.75) is 70.0 Å². The van der Waals surface area contributed by atoms with Crippen LogP contribution in [-0.2, 0) is 5.54 Å². The Bertz CT molecular complexity index is 1200. The van der Waals surface area contributed by atoms with Crippen LogP contribution in [0.5, 0.6) is 0 Å². The van der Waals surface area contributed by atoms with E-state index in [0.29, 0.717) is 12.8 Å². The van der Waals surface area contributed by atoms with E-state index in [0.717, 1.165) is 0 Å². The Balaban J connectivity index is 1.59. The first kappa shape index (κ1) is 23.9. The molecule has 2 atom stereocenters. The van der Waals surface area contributed by atoms with Crippen LogP contribution in [0.1, 0.15) is 62.5 Å². The highest BCUT2D eigenvalue weighted by molar-refractivity contribution is 6.08. The van der Waals surface area contributed by atoms with Crippen molar-refractivity contribution in [3.63, 3.8) is 0 Å². The molecule has 0 spiro atoms. The van der Waals surface area contributed by atoms with Crippen molar-refractivity contribution < 1.29 is 27.0 Å². The molecule has 9 nitrogen and oxygen atoms in total. The van der Waals surface area contributed by atoms with Gasteiger partial charge in [0.15, 0.2) is 16.9 Å². The van der Waals surface area contributed by atoms with E-state index in [-0.39, 0.29) is 29.1 Å². The number of anilines is 2. The van der Waals surface area contributed by atoms with E-state index in [1.807, 2.05) is 20.8 Å². The fraction of sp³-hybridized carbons (Fsp3) is 0.524. The molecular formula is C21H27F4N8O+. The zero-order valence-electron chi connectivity index (χ0n) is 18.9. The maximum Gasteiger partial charge on any atom is 0.285 e. The molecule has 5 N–H and O–H groups in total. The summed E-state index contributed by atoms with van der Waals surface area (Å²) in [6.07, 6.45) is 1.84. The minimum absolute atomic E-state index is 0.0330. The maximum atomic E-state index is 14.0. The van der Waals surface area contributed by atoms with Gasteiger partial charge >= 0.3 is 0 Å². The number of fused-ring (bicyclic) bond motifs is 1. The highest BCUT2D eigenvalue weighted by Crippen LogP contribution is 2.33. The molecule has 3 aromatic heterocycles. The normalized spacial score (nSPS) is 20.6. The molecule has 1 aliphatic carbocycles. The number of halogens is 4. The van der Waals surface area contributed by atoms with Crippen molar-refractivity contribution in [1.82, 2.24) is 19.7 Å². The van der Waals surface area contributed by atoms with Gasteiger partial charge in [0.05, 0.1) is 12.2 Å². The van der Waals surface area contributed by atoms with Crippen molar-refractivity contribution in [2.24, 2.45) is 5.73 Å². The third-order valence-electron chi connectivity index (χ3n) is 5.87. The van der Waals surface area contributed by atoms with Crippen molar-refractivity contribution in [3.05, 3.63) is 35.9 Å². The lowest BCUT2D eigenvalue weighted by Gasteiger charge is -2.36. The zero-order chi connectivity index (χ0) is 24.8. The summed E-state index contributed by atoms with van der Waals surface area (Å²) in [4.78, 5) is 17.3. The fourth-order valence-electron chi connectivity index (χ4n) is 3.90. The molecule has 0 bridgehead atoms. The van der Waals surface area contributed by atoms with Gasteiger partial charge in [0, 0.05) is 39.4 Å². The topological polar surface area (TPSA) is 117 Å². The number of hydrogen-bond donors (Lipinski definition) is 4. The van der Waals surface area contributed by atoms with Gasteiger partial charge in [0.25, 0.3) is 18.3 Å². The molecule has 1 fully saturated rings. The number of nitrogens with two attached hydrogens (primary N) is 1. The molecule has 0 saturated heterocycles. The van der Waals surface area contributed by atoms with E-state index < -0.39 is 41.6 Å². The Morgan fingerprint density at radius 2 is 2.12 bits per heavy atom. The SMILES string of the molecule is CC(C)(C)[n+]1cc(NC(=O)c2cnn3ccc(N[C@@H]4CCCC(F)(F)[C@@H]4N)nc23)c(C(F)F)[nH]1. The molecule has 1 saturated carbocycles. The number of carbonyl (C=O) groups is 1. The Labute approximate surface area is 192 Å². The average Bonchev–Trinajstić information content (AvgIpc) is 3.35. The summed E-state index contributed by atoms with van der Waals surface area (Å²) in [6, 6.07) is -0.530. The van der Waals surface area contributed by atoms with Crippen molar-refractivity contribution in [2.75, 3.05) is 10.6 Å². The summed E-state index contributed by atoms with van der Waals surface area (Å²) in [5, 5.41) is 12.1. The van der Waals surface area contributed by atoms with Crippen molar-refractivity contribution in [1.29, 1.82) is 0 Å². The van der Waals surface area contributed by atoms with E-state index >= 15 is 0 Å². The van der Waals surface area contributed by atoms with Gasteiger partial charge in [-0.25, -0.2) is 27.1 Å². The molecule has 1 aliphatic rings. The smallest absolute Gasteiger partial charge is 0.285 e. The predicted octanol–water partition coefficient (Wildman–Crippen LogP) is 3.22. The van der Waals surface area contributed by atoms with Crippen LogP contribution < -0.4 is 21.0 Å². The molecule has 0 radical (unpaired) electrons. The predicted molar refractivity (Wildman–Crippen MR) is 116 cm³/mol. The van der Waals surface area contributed by atoms with Crippen molar-refractivity contribution in [3.8, 4) is 0 Å². The van der Waals surface area contributed by atoms with Gasteiger partial charge in [-0.05, 0) is 18.9 Å². The quantitative estimate of drug-likeness (QED) is 0.329. The summed E-state index contributed by atoms with van der Waals surface area (Å²) >= 11 is 0. The second kappa shape index (κ2) is 8.53. The van der Waals surface area contributed by atoms with E-state index in [1.165, 1.54) is 33.9 Å². The molecule has 4 rings (SSSR count). The summed E-state index contributed by atoms with van der Waals surface area (Å²) in [5.41, 5.74) is 4.90.